The Bertz CT molecular complexity index is 635. The van der Waals surface area contributed by atoms with Crippen LogP contribution >= 0.6 is 0 Å². The second-order valence-electron chi connectivity index (χ2n) is 6.06. The van der Waals surface area contributed by atoms with E-state index in [4.69, 9.17) is 23.7 Å². The van der Waals surface area contributed by atoms with Crippen LogP contribution in [-0.2, 0) is 0 Å². The third-order valence-corrected chi connectivity index (χ3v) is 3.23. The SMILES string of the molecule is COc1ccc(Oc2ccc(OC)c(OC(C)C)c2)cc1OC(C)C. The lowest BCUT2D eigenvalue weighted by molar-refractivity contribution is 0.228. The van der Waals surface area contributed by atoms with Gasteiger partial charge in [0.25, 0.3) is 0 Å². The summed E-state index contributed by atoms with van der Waals surface area (Å²) in [6, 6.07) is 10.9. The molecule has 0 amide bonds. The van der Waals surface area contributed by atoms with E-state index in [-0.39, 0.29) is 12.2 Å². The minimum atomic E-state index is 0.0381. The van der Waals surface area contributed by atoms with Gasteiger partial charge in [-0.3, -0.25) is 0 Å². The van der Waals surface area contributed by atoms with Gasteiger partial charge in [0.1, 0.15) is 11.5 Å². The van der Waals surface area contributed by atoms with Crippen molar-refractivity contribution in [1.29, 1.82) is 0 Å². The van der Waals surface area contributed by atoms with Crippen molar-refractivity contribution in [1.82, 2.24) is 0 Å². The highest BCUT2D eigenvalue weighted by Gasteiger charge is 2.12. The number of ether oxygens (including phenoxy) is 5. The monoisotopic (exact) mass is 346 g/mol. The standard InChI is InChI=1S/C20H26O5/c1-13(2)23-19-11-15(7-9-17(19)21-5)25-16-8-10-18(22-6)20(12-16)24-14(3)4/h7-14H,1-6H3. The predicted octanol–water partition coefficient (Wildman–Crippen LogP) is 5.07. The maximum absolute atomic E-state index is 5.95. The summed E-state index contributed by atoms with van der Waals surface area (Å²) in [7, 11) is 3.23. The van der Waals surface area contributed by atoms with Gasteiger partial charge in [-0.25, -0.2) is 0 Å². The van der Waals surface area contributed by atoms with Gasteiger partial charge in [-0.15, -0.1) is 0 Å². The van der Waals surface area contributed by atoms with E-state index in [0.717, 1.165) is 0 Å². The molecule has 136 valence electrons. The molecule has 2 aromatic carbocycles. The zero-order chi connectivity index (χ0) is 18.4. The molecule has 5 heteroatoms. The number of rotatable bonds is 8. The smallest absolute Gasteiger partial charge is 0.165 e. The van der Waals surface area contributed by atoms with E-state index in [1.807, 2.05) is 64.1 Å². The van der Waals surface area contributed by atoms with Crippen molar-refractivity contribution in [2.45, 2.75) is 39.9 Å². The molecular formula is C20H26O5. The van der Waals surface area contributed by atoms with Gasteiger partial charge in [-0.1, -0.05) is 0 Å². The van der Waals surface area contributed by atoms with Crippen LogP contribution in [0.3, 0.4) is 0 Å². The van der Waals surface area contributed by atoms with Gasteiger partial charge < -0.3 is 23.7 Å². The van der Waals surface area contributed by atoms with E-state index in [0.29, 0.717) is 34.5 Å². The van der Waals surface area contributed by atoms with Crippen LogP contribution in [-0.4, -0.2) is 26.4 Å². The lowest BCUT2D eigenvalue weighted by Crippen LogP contribution is -2.07. The fraction of sp³-hybridized carbons (Fsp3) is 0.400. The van der Waals surface area contributed by atoms with Crippen LogP contribution in [0.4, 0.5) is 0 Å². The van der Waals surface area contributed by atoms with Crippen molar-refractivity contribution < 1.29 is 23.7 Å². The molecule has 25 heavy (non-hydrogen) atoms. The molecular weight excluding hydrogens is 320 g/mol. The molecule has 0 fully saturated rings. The van der Waals surface area contributed by atoms with Crippen LogP contribution in [0, 0.1) is 0 Å². The molecule has 2 rings (SSSR count). The Labute approximate surface area is 149 Å². The second-order valence-corrected chi connectivity index (χ2v) is 6.06. The summed E-state index contributed by atoms with van der Waals surface area (Å²) in [6.45, 7) is 7.86. The average Bonchev–Trinajstić information content (AvgIpc) is 2.54. The zero-order valence-electron chi connectivity index (χ0n) is 15.7. The van der Waals surface area contributed by atoms with E-state index in [9.17, 15) is 0 Å². The van der Waals surface area contributed by atoms with E-state index in [1.54, 1.807) is 14.2 Å². The van der Waals surface area contributed by atoms with E-state index in [1.165, 1.54) is 0 Å². The van der Waals surface area contributed by atoms with Crippen molar-refractivity contribution in [3.05, 3.63) is 36.4 Å². The Morgan fingerprint density at radius 2 is 1.00 bits per heavy atom. The van der Waals surface area contributed by atoms with Gasteiger partial charge >= 0.3 is 0 Å². The molecule has 0 aliphatic heterocycles. The van der Waals surface area contributed by atoms with Crippen LogP contribution in [0.2, 0.25) is 0 Å². The van der Waals surface area contributed by atoms with Crippen molar-refractivity contribution in [2.24, 2.45) is 0 Å². The lowest BCUT2D eigenvalue weighted by Gasteiger charge is -2.16. The van der Waals surface area contributed by atoms with Crippen molar-refractivity contribution in [3.8, 4) is 34.5 Å². The topological polar surface area (TPSA) is 46.2 Å². The first kappa shape index (κ1) is 18.8. The largest absolute Gasteiger partial charge is 0.493 e. The summed E-state index contributed by atoms with van der Waals surface area (Å²) < 4.78 is 28.2. The zero-order valence-corrected chi connectivity index (χ0v) is 15.7. The minimum absolute atomic E-state index is 0.0381. The summed E-state index contributed by atoms with van der Waals surface area (Å²) in [5.41, 5.74) is 0. The molecule has 0 aromatic heterocycles. The first-order valence-electron chi connectivity index (χ1n) is 8.30. The quantitative estimate of drug-likeness (QED) is 0.668. The van der Waals surface area contributed by atoms with Crippen LogP contribution < -0.4 is 23.7 Å². The number of hydrogen-bond acceptors (Lipinski definition) is 5. The molecule has 0 heterocycles. The van der Waals surface area contributed by atoms with Gasteiger partial charge in [0.05, 0.1) is 26.4 Å². The van der Waals surface area contributed by atoms with E-state index < -0.39 is 0 Å². The Morgan fingerprint density at radius 1 is 0.600 bits per heavy atom. The third kappa shape index (κ3) is 5.21. The molecule has 0 N–H and O–H groups in total. The molecule has 0 aliphatic carbocycles. The molecule has 0 spiro atoms. The van der Waals surface area contributed by atoms with Gasteiger partial charge in [0.2, 0.25) is 0 Å². The Kier molecular flexibility index (Phi) is 6.39. The van der Waals surface area contributed by atoms with Crippen molar-refractivity contribution >= 4 is 0 Å². The van der Waals surface area contributed by atoms with Crippen LogP contribution in [0.25, 0.3) is 0 Å². The first-order valence-corrected chi connectivity index (χ1v) is 8.30. The number of methoxy groups -OCH3 is 2. The van der Waals surface area contributed by atoms with Gasteiger partial charge in [-0.2, -0.15) is 0 Å². The third-order valence-electron chi connectivity index (χ3n) is 3.23. The fourth-order valence-electron chi connectivity index (χ4n) is 2.27. The molecule has 0 bridgehead atoms. The Morgan fingerprint density at radius 3 is 1.32 bits per heavy atom. The van der Waals surface area contributed by atoms with Gasteiger partial charge in [-0.05, 0) is 52.0 Å². The summed E-state index contributed by atoms with van der Waals surface area (Å²) in [5, 5.41) is 0. The lowest BCUT2D eigenvalue weighted by atomic mass is 10.2. The highest BCUT2D eigenvalue weighted by Crippen LogP contribution is 2.37. The van der Waals surface area contributed by atoms with E-state index >= 15 is 0 Å². The molecule has 2 aromatic rings. The number of hydrogen-bond donors (Lipinski definition) is 0. The fourth-order valence-corrected chi connectivity index (χ4v) is 2.27. The molecule has 0 saturated heterocycles. The van der Waals surface area contributed by atoms with Crippen molar-refractivity contribution in [3.63, 3.8) is 0 Å². The van der Waals surface area contributed by atoms with Gasteiger partial charge in [0.15, 0.2) is 23.0 Å². The van der Waals surface area contributed by atoms with Crippen LogP contribution in [0.5, 0.6) is 34.5 Å². The number of benzene rings is 2. The van der Waals surface area contributed by atoms with Crippen LogP contribution in [0.15, 0.2) is 36.4 Å². The molecule has 0 unspecified atom stereocenters. The summed E-state index contributed by atoms with van der Waals surface area (Å²) in [5.74, 6) is 3.91. The second kappa shape index (κ2) is 8.51. The maximum Gasteiger partial charge on any atom is 0.165 e. The van der Waals surface area contributed by atoms with Crippen molar-refractivity contribution in [2.75, 3.05) is 14.2 Å². The molecule has 0 atom stereocenters. The summed E-state index contributed by atoms with van der Waals surface area (Å²) in [6.07, 6.45) is 0.0763. The highest BCUT2D eigenvalue weighted by atomic mass is 16.5. The molecule has 0 aliphatic rings. The maximum atomic E-state index is 5.95. The Hall–Kier alpha value is -2.56. The molecule has 0 saturated carbocycles. The summed E-state index contributed by atoms with van der Waals surface area (Å²) in [4.78, 5) is 0. The predicted molar refractivity (Wildman–Crippen MR) is 97.6 cm³/mol. The average molecular weight is 346 g/mol. The molecule has 5 nitrogen and oxygen atoms in total. The van der Waals surface area contributed by atoms with E-state index in [2.05, 4.69) is 0 Å². The van der Waals surface area contributed by atoms with Gasteiger partial charge in [0, 0.05) is 12.1 Å². The normalized spacial score (nSPS) is 10.7. The van der Waals surface area contributed by atoms with Crippen LogP contribution in [0.1, 0.15) is 27.7 Å². The minimum Gasteiger partial charge on any atom is -0.493 e. The Balaban J connectivity index is 2.26. The molecule has 0 radical (unpaired) electrons. The highest BCUT2D eigenvalue weighted by molar-refractivity contribution is 5.49. The first-order chi connectivity index (χ1) is 11.9. The summed E-state index contributed by atoms with van der Waals surface area (Å²) >= 11 is 0.